The van der Waals surface area contributed by atoms with E-state index in [1.807, 2.05) is 0 Å². The smallest absolute Gasteiger partial charge is 0.348 e. The molecule has 0 fully saturated rings. The average molecular weight is 438 g/mol. The number of allylic oxidation sites excluding steroid dienone is 1. The van der Waals surface area contributed by atoms with Gasteiger partial charge >= 0.3 is 5.97 Å². The minimum absolute atomic E-state index is 0.0540. The molecule has 156 valence electrons. The summed E-state index contributed by atoms with van der Waals surface area (Å²) in [6, 6.07) is 17.9. The fraction of sp³-hybridized carbons (Fsp3) is 0.0833. The number of hydrogen-bond donors (Lipinski definition) is 0. The Kier molecular flexibility index (Phi) is 6.91. The molecule has 0 saturated heterocycles. The predicted octanol–water partition coefficient (Wildman–Crippen LogP) is 5.78. The molecule has 0 aliphatic carbocycles. The maximum atomic E-state index is 14.0. The monoisotopic (exact) mass is 437 g/mol. The van der Waals surface area contributed by atoms with Gasteiger partial charge in [0.1, 0.15) is 17.1 Å². The summed E-state index contributed by atoms with van der Waals surface area (Å²) >= 11 is 5.92. The topological polar surface area (TPSA) is 68.5 Å². The number of rotatable bonds is 6. The van der Waals surface area contributed by atoms with Crippen molar-refractivity contribution in [1.82, 2.24) is 0 Å². The molecular formula is C24H17ClFNO4. The highest BCUT2D eigenvalue weighted by Gasteiger charge is 2.20. The minimum atomic E-state index is -0.944. The normalized spacial score (nSPS) is 10.9. The quantitative estimate of drug-likeness (QED) is 0.211. The predicted molar refractivity (Wildman–Crippen MR) is 116 cm³/mol. The van der Waals surface area contributed by atoms with Crippen molar-refractivity contribution >= 4 is 29.2 Å². The Morgan fingerprint density at radius 1 is 1.03 bits per heavy atom. The summed E-state index contributed by atoms with van der Waals surface area (Å²) in [6.45, 7) is 0. The van der Waals surface area contributed by atoms with Crippen molar-refractivity contribution in [2.75, 3.05) is 14.2 Å². The highest BCUT2D eigenvalue weighted by Crippen LogP contribution is 2.31. The van der Waals surface area contributed by atoms with Crippen LogP contribution in [0.5, 0.6) is 17.2 Å². The number of carbonyl (C=O) groups excluding carboxylic acids is 1. The van der Waals surface area contributed by atoms with Crippen molar-refractivity contribution in [2.24, 2.45) is 0 Å². The second kappa shape index (κ2) is 9.79. The number of ether oxygens (including phenoxy) is 3. The van der Waals surface area contributed by atoms with E-state index < -0.39 is 11.8 Å². The van der Waals surface area contributed by atoms with E-state index in [0.717, 1.165) is 6.07 Å². The summed E-state index contributed by atoms with van der Waals surface area (Å²) in [7, 11) is 2.97. The lowest BCUT2D eigenvalue weighted by molar-refractivity contribution is 0.0725. The molecule has 0 heterocycles. The molecule has 0 atom stereocenters. The maximum Gasteiger partial charge on any atom is 0.348 e. The van der Waals surface area contributed by atoms with Crippen LogP contribution in [0.15, 0.2) is 60.7 Å². The van der Waals surface area contributed by atoms with Gasteiger partial charge in [-0.1, -0.05) is 23.7 Å². The molecule has 0 radical (unpaired) electrons. The third kappa shape index (κ3) is 5.03. The first-order valence-corrected chi connectivity index (χ1v) is 9.45. The SMILES string of the molecule is COc1ccc(/C(C#N)=C\c2ccc(OC(=O)c3c(F)cccc3Cl)c(OC)c2)cc1. The number of benzene rings is 3. The molecule has 31 heavy (non-hydrogen) atoms. The number of halogens is 2. The zero-order chi connectivity index (χ0) is 22.4. The Hall–Kier alpha value is -3.82. The maximum absolute atomic E-state index is 14.0. The molecule has 0 aromatic heterocycles. The summed E-state index contributed by atoms with van der Waals surface area (Å²) in [5, 5.41) is 9.49. The van der Waals surface area contributed by atoms with Crippen LogP contribution in [0.25, 0.3) is 11.6 Å². The highest BCUT2D eigenvalue weighted by atomic mass is 35.5. The van der Waals surface area contributed by atoms with E-state index in [4.69, 9.17) is 25.8 Å². The van der Waals surface area contributed by atoms with Crippen molar-refractivity contribution in [3.8, 4) is 23.3 Å². The fourth-order valence-corrected chi connectivity index (χ4v) is 3.06. The lowest BCUT2D eigenvalue weighted by Crippen LogP contribution is -2.12. The molecular weight excluding hydrogens is 421 g/mol. The van der Waals surface area contributed by atoms with Crippen molar-refractivity contribution in [3.63, 3.8) is 0 Å². The van der Waals surface area contributed by atoms with Gasteiger partial charge in [0.05, 0.1) is 30.9 Å². The zero-order valence-corrected chi connectivity index (χ0v) is 17.4. The summed E-state index contributed by atoms with van der Waals surface area (Å²) in [5.74, 6) is -0.716. The van der Waals surface area contributed by atoms with Crippen LogP contribution in [0.4, 0.5) is 4.39 Å². The molecule has 0 amide bonds. The Bertz CT molecular complexity index is 1160. The molecule has 3 aromatic carbocycles. The van der Waals surface area contributed by atoms with Crippen molar-refractivity contribution in [3.05, 3.63) is 88.2 Å². The molecule has 0 aliphatic rings. The Balaban J connectivity index is 1.89. The summed E-state index contributed by atoms with van der Waals surface area (Å²) < 4.78 is 29.7. The van der Waals surface area contributed by atoms with Gasteiger partial charge < -0.3 is 14.2 Å². The van der Waals surface area contributed by atoms with Gasteiger partial charge in [0.2, 0.25) is 0 Å². The van der Waals surface area contributed by atoms with Crippen molar-refractivity contribution in [2.45, 2.75) is 0 Å². The summed E-state index contributed by atoms with van der Waals surface area (Å²) in [4.78, 5) is 12.4. The van der Waals surface area contributed by atoms with Gasteiger partial charge in [0.25, 0.3) is 0 Å². The number of carbonyl (C=O) groups is 1. The number of nitriles is 1. The van der Waals surface area contributed by atoms with Crippen LogP contribution in [0.1, 0.15) is 21.5 Å². The van der Waals surface area contributed by atoms with Gasteiger partial charge in [-0.25, -0.2) is 9.18 Å². The van der Waals surface area contributed by atoms with E-state index in [-0.39, 0.29) is 22.1 Å². The molecule has 0 spiro atoms. The van der Waals surface area contributed by atoms with Gasteiger partial charge in [0, 0.05) is 0 Å². The van der Waals surface area contributed by atoms with Crippen LogP contribution in [-0.2, 0) is 0 Å². The summed E-state index contributed by atoms with van der Waals surface area (Å²) in [6.07, 6.45) is 1.67. The van der Waals surface area contributed by atoms with Gasteiger partial charge in [-0.05, 0) is 65.7 Å². The third-order valence-electron chi connectivity index (χ3n) is 4.39. The molecule has 0 saturated carbocycles. The van der Waals surface area contributed by atoms with E-state index in [9.17, 15) is 14.4 Å². The van der Waals surface area contributed by atoms with Gasteiger partial charge in [-0.3, -0.25) is 0 Å². The van der Waals surface area contributed by atoms with E-state index in [1.165, 1.54) is 25.3 Å². The Morgan fingerprint density at radius 3 is 2.39 bits per heavy atom. The first kappa shape index (κ1) is 21.9. The first-order valence-electron chi connectivity index (χ1n) is 9.07. The summed E-state index contributed by atoms with van der Waals surface area (Å²) in [5.41, 5.74) is 1.42. The van der Waals surface area contributed by atoms with Gasteiger partial charge in [-0.15, -0.1) is 0 Å². The molecule has 3 aromatic rings. The van der Waals surface area contributed by atoms with Crippen molar-refractivity contribution < 1.29 is 23.4 Å². The molecule has 0 unspecified atom stereocenters. The van der Waals surface area contributed by atoms with E-state index in [1.54, 1.807) is 49.6 Å². The number of methoxy groups -OCH3 is 2. The molecule has 0 aliphatic heterocycles. The Labute approximate surface area is 183 Å². The first-order chi connectivity index (χ1) is 15.0. The molecule has 7 heteroatoms. The van der Waals surface area contributed by atoms with Gasteiger partial charge in [-0.2, -0.15) is 5.26 Å². The average Bonchev–Trinajstić information content (AvgIpc) is 2.78. The van der Waals surface area contributed by atoms with Crippen LogP contribution in [0.3, 0.4) is 0 Å². The standard InChI is InChI=1S/C24H17ClFNO4/c1-29-18-9-7-16(8-10-18)17(14-27)12-15-6-11-21(22(13-15)30-2)31-24(28)23-19(25)4-3-5-20(23)26/h3-13H,1-2H3/b17-12-. The minimum Gasteiger partial charge on any atom is -0.497 e. The van der Waals surface area contributed by atoms with Crippen LogP contribution >= 0.6 is 11.6 Å². The lowest BCUT2D eigenvalue weighted by atomic mass is 10.0. The Morgan fingerprint density at radius 2 is 1.77 bits per heavy atom. The number of hydrogen-bond acceptors (Lipinski definition) is 5. The highest BCUT2D eigenvalue weighted by molar-refractivity contribution is 6.33. The molecule has 3 rings (SSSR count). The fourth-order valence-electron chi connectivity index (χ4n) is 2.82. The van der Waals surface area contributed by atoms with Crippen LogP contribution in [0.2, 0.25) is 5.02 Å². The number of esters is 1. The number of nitrogens with zero attached hydrogens (tertiary/aromatic N) is 1. The lowest BCUT2D eigenvalue weighted by Gasteiger charge is -2.11. The second-order valence-corrected chi connectivity index (χ2v) is 6.70. The molecule has 0 bridgehead atoms. The zero-order valence-electron chi connectivity index (χ0n) is 16.7. The van der Waals surface area contributed by atoms with Crippen LogP contribution in [0, 0.1) is 17.1 Å². The second-order valence-electron chi connectivity index (χ2n) is 6.29. The third-order valence-corrected chi connectivity index (χ3v) is 4.70. The van der Waals surface area contributed by atoms with Crippen molar-refractivity contribution in [1.29, 1.82) is 5.26 Å². The van der Waals surface area contributed by atoms with Gasteiger partial charge in [0.15, 0.2) is 11.5 Å². The van der Waals surface area contributed by atoms with E-state index in [0.29, 0.717) is 22.4 Å². The van der Waals surface area contributed by atoms with Crippen LogP contribution < -0.4 is 14.2 Å². The molecule has 5 nitrogen and oxygen atoms in total. The van der Waals surface area contributed by atoms with E-state index in [2.05, 4.69) is 6.07 Å². The van der Waals surface area contributed by atoms with Crippen LogP contribution in [-0.4, -0.2) is 20.2 Å². The van der Waals surface area contributed by atoms with E-state index >= 15 is 0 Å². The molecule has 0 N–H and O–H groups in total. The largest absolute Gasteiger partial charge is 0.497 e.